The van der Waals surface area contributed by atoms with Crippen molar-refractivity contribution in [3.8, 4) is 5.75 Å². The Morgan fingerprint density at radius 2 is 1.89 bits per heavy atom. The molecule has 0 saturated carbocycles. The van der Waals surface area contributed by atoms with Crippen molar-refractivity contribution < 1.29 is 19.1 Å². The third kappa shape index (κ3) is 7.31. The summed E-state index contributed by atoms with van der Waals surface area (Å²) in [6.07, 6.45) is 1.38. The number of thioether (sulfide) groups is 1. The normalized spacial score (nSPS) is 16.1. The zero-order valence-corrected chi connectivity index (χ0v) is 20.5. The number of hydrogen-bond donors (Lipinski definition) is 0. The van der Waals surface area contributed by atoms with Crippen LogP contribution in [0.3, 0.4) is 0 Å². The van der Waals surface area contributed by atoms with Crippen molar-refractivity contribution in [2.24, 2.45) is 0 Å². The van der Waals surface area contributed by atoms with E-state index in [1.807, 2.05) is 72.8 Å². The maximum absolute atomic E-state index is 13.1. The van der Waals surface area contributed by atoms with Crippen LogP contribution in [-0.2, 0) is 27.5 Å². The largest absolute Gasteiger partial charge is 0.497 e. The lowest BCUT2D eigenvalue weighted by Gasteiger charge is -2.25. The molecule has 2 aromatic carbocycles. The maximum atomic E-state index is 13.1. The molecule has 4 rings (SSSR count). The molecule has 0 bridgehead atoms. The second kappa shape index (κ2) is 12.4. The minimum atomic E-state index is -0.331. The molecular formula is C27H29N3O4S. The number of rotatable bonds is 9. The van der Waals surface area contributed by atoms with Gasteiger partial charge >= 0.3 is 0 Å². The molecule has 2 heterocycles. The predicted octanol–water partition coefficient (Wildman–Crippen LogP) is 3.64. The van der Waals surface area contributed by atoms with Gasteiger partial charge in [0.25, 0.3) is 0 Å². The summed E-state index contributed by atoms with van der Waals surface area (Å²) in [4.78, 5) is 35.0. The average Bonchev–Trinajstić information content (AvgIpc) is 3.06. The van der Waals surface area contributed by atoms with Gasteiger partial charge in [0.1, 0.15) is 5.75 Å². The predicted molar refractivity (Wildman–Crippen MR) is 135 cm³/mol. The minimum Gasteiger partial charge on any atom is -0.497 e. The number of nitrogens with zero attached hydrogens (tertiary/aromatic N) is 3. The fourth-order valence-corrected chi connectivity index (χ4v) is 4.67. The number of pyridine rings is 1. The number of aromatic nitrogens is 1. The molecule has 3 aromatic rings. The highest BCUT2D eigenvalue weighted by atomic mass is 32.2. The Morgan fingerprint density at radius 1 is 1.06 bits per heavy atom. The van der Waals surface area contributed by atoms with Gasteiger partial charge in [-0.3, -0.25) is 14.6 Å². The summed E-state index contributed by atoms with van der Waals surface area (Å²) in [6.45, 7) is 1.49. The molecule has 0 radical (unpaired) electrons. The van der Waals surface area contributed by atoms with E-state index in [2.05, 4.69) is 4.98 Å². The van der Waals surface area contributed by atoms with Crippen LogP contribution in [0.25, 0.3) is 0 Å². The molecular weight excluding hydrogens is 462 g/mol. The second-order valence-corrected chi connectivity index (χ2v) is 9.30. The van der Waals surface area contributed by atoms with Crippen molar-refractivity contribution >= 4 is 23.6 Å². The monoisotopic (exact) mass is 491 g/mol. The van der Waals surface area contributed by atoms with Crippen LogP contribution in [0, 0.1) is 0 Å². The summed E-state index contributed by atoms with van der Waals surface area (Å²) in [5.41, 5.74) is 1.76. The summed E-state index contributed by atoms with van der Waals surface area (Å²) in [7, 11) is 1.63. The molecule has 1 fully saturated rings. The van der Waals surface area contributed by atoms with E-state index in [1.165, 1.54) is 11.8 Å². The van der Waals surface area contributed by atoms with Crippen molar-refractivity contribution in [3.63, 3.8) is 0 Å². The Balaban J connectivity index is 1.46. The van der Waals surface area contributed by atoms with Gasteiger partial charge in [-0.25, -0.2) is 0 Å². The molecule has 2 amide bonds. The van der Waals surface area contributed by atoms with Gasteiger partial charge in [0.2, 0.25) is 11.8 Å². The smallest absolute Gasteiger partial charge is 0.242 e. The maximum Gasteiger partial charge on any atom is 0.242 e. The number of hydrogen-bond acceptors (Lipinski definition) is 6. The average molecular weight is 492 g/mol. The SMILES string of the molecule is COc1cccc(CO[C@H]2CN(C(=O)CSc3ccccc3)CC(=O)N(Cc3ccccn3)C2)c1. The molecule has 1 saturated heterocycles. The van der Waals surface area contributed by atoms with Crippen LogP contribution in [0.4, 0.5) is 0 Å². The molecule has 1 aliphatic rings. The number of carbonyl (C=O) groups excluding carboxylic acids is 2. The summed E-state index contributed by atoms with van der Waals surface area (Å²) < 4.78 is 11.5. The Labute approximate surface area is 210 Å². The van der Waals surface area contributed by atoms with Crippen molar-refractivity contribution in [2.45, 2.75) is 24.2 Å². The lowest BCUT2D eigenvalue weighted by Crippen LogP contribution is -2.40. The van der Waals surface area contributed by atoms with Crippen molar-refractivity contribution in [1.29, 1.82) is 0 Å². The first kappa shape index (κ1) is 24.8. The molecule has 0 unspecified atom stereocenters. The molecule has 1 aliphatic heterocycles. The van der Waals surface area contributed by atoms with E-state index in [-0.39, 0.29) is 30.2 Å². The molecule has 7 nitrogen and oxygen atoms in total. The Morgan fingerprint density at radius 3 is 2.66 bits per heavy atom. The fraction of sp³-hybridized carbons (Fsp3) is 0.296. The van der Waals surface area contributed by atoms with Crippen molar-refractivity contribution in [2.75, 3.05) is 32.5 Å². The molecule has 0 spiro atoms. The summed E-state index contributed by atoms with van der Waals surface area (Å²) in [5, 5.41) is 0. The highest BCUT2D eigenvalue weighted by Crippen LogP contribution is 2.20. The molecule has 1 atom stereocenters. The number of methoxy groups -OCH3 is 1. The van der Waals surface area contributed by atoms with E-state index < -0.39 is 0 Å². The highest BCUT2D eigenvalue weighted by Gasteiger charge is 2.31. The van der Waals surface area contributed by atoms with E-state index in [0.29, 0.717) is 26.2 Å². The first-order valence-electron chi connectivity index (χ1n) is 11.5. The molecule has 0 N–H and O–H groups in total. The summed E-state index contributed by atoms with van der Waals surface area (Å²) >= 11 is 1.47. The van der Waals surface area contributed by atoms with E-state index in [0.717, 1.165) is 21.9 Å². The van der Waals surface area contributed by atoms with Crippen LogP contribution >= 0.6 is 11.8 Å². The van der Waals surface area contributed by atoms with Crippen LogP contribution in [0.15, 0.2) is 83.9 Å². The Kier molecular flexibility index (Phi) is 8.75. The van der Waals surface area contributed by atoms with E-state index in [4.69, 9.17) is 9.47 Å². The molecule has 8 heteroatoms. The van der Waals surface area contributed by atoms with Gasteiger partial charge in [-0.05, 0) is 42.0 Å². The highest BCUT2D eigenvalue weighted by molar-refractivity contribution is 8.00. The van der Waals surface area contributed by atoms with Crippen molar-refractivity contribution in [1.82, 2.24) is 14.8 Å². The zero-order valence-electron chi connectivity index (χ0n) is 19.7. The number of carbonyl (C=O) groups is 2. The number of ether oxygens (including phenoxy) is 2. The van der Waals surface area contributed by atoms with Gasteiger partial charge < -0.3 is 19.3 Å². The van der Waals surface area contributed by atoms with E-state index in [1.54, 1.807) is 23.1 Å². The van der Waals surface area contributed by atoms with Crippen LogP contribution in [-0.4, -0.2) is 65.2 Å². The third-order valence-electron chi connectivity index (χ3n) is 5.68. The van der Waals surface area contributed by atoms with Crippen LogP contribution in [0.5, 0.6) is 5.75 Å². The third-order valence-corrected chi connectivity index (χ3v) is 6.68. The minimum absolute atomic E-state index is 0.0278. The molecule has 35 heavy (non-hydrogen) atoms. The lowest BCUT2D eigenvalue weighted by molar-refractivity contribution is -0.137. The topological polar surface area (TPSA) is 72.0 Å². The first-order valence-corrected chi connectivity index (χ1v) is 12.5. The van der Waals surface area contributed by atoms with Gasteiger partial charge in [-0.15, -0.1) is 11.8 Å². The molecule has 182 valence electrons. The van der Waals surface area contributed by atoms with Crippen LogP contribution in [0.2, 0.25) is 0 Å². The standard InChI is InChI=1S/C27H29N3O4S/c1-33-23-10-7-8-21(14-23)19-34-24-16-29(15-22-9-5-6-13-28-22)26(31)18-30(17-24)27(32)20-35-25-11-3-2-4-12-25/h2-14,24H,15-20H2,1H3/t24-/m1/s1. The zero-order chi connectivity index (χ0) is 24.5. The van der Waals surface area contributed by atoms with Gasteiger partial charge in [-0.1, -0.05) is 36.4 Å². The first-order chi connectivity index (χ1) is 17.1. The van der Waals surface area contributed by atoms with Gasteiger partial charge in [0, 0.05) is 24.2 Å². The summed E-state index contributed by atoms with van der Waals surface area (Å²) in [6, 6.07) is 23.1. The van der Waals surface area contributed by atoms with Gasteiger partial charge in [-0.2, -0.15) is 0 Å². The Hall–Kier alpha value is -3.36. The number of amides is 2. The lowest BCUT2D eigenvalue weighted by atomic mass is 10.2. The molecule has 1 aromatic heterocycles. The van der Waals surface area contributed by atoms with Crippen LogP contribution in [0.1, 0.15) is 11.3 Å². The quantitative estimate of drug-likeness (QED) is 0.426. The van der Waals surface area contributed by atoms with Crippen LogP contribution < -0.4 is 4.74 Å². The molecule has 0 aliphatic carbocycles. The fourth-order valence-electron chi connectivity index (χ4n) is 3.84. The Bertz CT molecular complexity index is 1110. The van der Waals surface area contributed by atoms with Gasteiger partial charge in [0.05, 0.1) is 44.4 Å². The van der Waals surface area contributed by atoms with E-state index >= 15 is 0 Å². The van der Waals surface area contributed by atoms with Crippen molar-refractivity contribution in [3.05, 3.63) is 90.3 Å². The van der Waals surface area contributed by atoms with Gasteiger partial charge in [0.15, 0.2) is 0 Å². The summed E-state index contributed by atoms with van der Waals surface area (Å²) in [5.74, 6) is 0.830. The second-order valence-electron chi connectivity index (χ2n) is 8.26. The number of benzene rings is 2. The van der Waals surface area contributed by atoms with E-state index in [9.17, 15) is 9.59 Å².